The second-order valence-electron chi connectivity index (χ2n) is 5.23. The first kappa shape index (κ1) is 15.8. The van der Waals surface area contributed by atoms with Crippen LogP contribution in [-0.4, -0.2) is 22.2 Å². The predicted molar refractivity (Wildman–Crippen MR) is 83.6 cm³/mol. The standard InChI is InChI=1S/C18H18O4/c19-17(20)11-10-16(18(21)22)12-13-6-8-15(9-7-13)14-4-2-1-3-5-14/h1-9,16H,10-12H2,(H,19,20)(H,21,22). The van der Waals surface area contributed by atoms with Crippen molar-refractivity contribution in [2.45, 2.75) is 19.3 Å². The van der Waals surface area contributed by atoms with Crippen LogP contribution in [0.15, 0.2) is 54.6 Å². The van der Waals surface area contributed by atoms with Gasteiger partial charge in [-0.1, -0.05) is 54.6 Å². The van der Waals surface area contributed by atoms with Gasteiger partial charge in [0.05, 0.1) is 5.92 Å². The van der Waals surface area contributed by atoms with E-state index in [9.17, 15) is 14.7 Å². The quantitative estimate of drug-likeness (QED) is 0.821. The highest BCUT2D eigenvalue weighted by molar-refractivity contribution is 5.72. The van der Waals surface area contributed by atoms with E-state index in [4.69, 9.17) is 5.11 Å². The number of carboxylic acid groups (broad SMARTS) is 2. The Morgan fingerprint density at radius 1 is 0.864 bits per heavy atom. The van der Waals surface area contributed by atoms with E-state index >= 15 is 0 Å². The minimum absolute atomic E-state index is 0.126. The summed E-state index contributed by atoms with van der Waals surface area (Å²) in [4.78, 5) is 21.8. The second kappa shape index (κ2) is 7.41. The molecule has 0 radical (unpaired) electrons. The average Bonchev–Trinajstić information content (AvgIpc) is 2.52. The first-order valence-corrected chi connectivity index (χ1v) is 7.15. The zero-order chi connectivity index (χ0) is 15.9. The third-order valence-corrected chi connectivity index (χ3v) is 3.60. The molecule has 2 N–H and O–H groups in total. The van der Waals surface area contributed by atoms with E-state index in [-0.39, 0.29) is 12.8 Å². The minimum Gasteiger partial charge on any atom is -0.481 e. The fourth-order valence-corrected chi connectivity index (χ4v) is 2.36. The van der Waals surface area contributed by atoms with Crippen molar-refractivity contribution in [3.05, 3.63) is 60.2 Å². The molecular formula is C18H18O4. The van der Waals surface area contributed by atoms with Gasteiger partial charge in [0.2, 0.25) is 0 Å². The zero-order valence-corrected chi connectivity index (χ0v) is 12.1. The maximum atomic E-state index is 11.2. The summed E-state index contributed by atoms with van der Waals surface area (Å²) in [5.41, 5.74) is 3.08. The van der Waals surface area contributed by atoms with Gasteiger partial charge in [0.25, 0.3) is 0 Å². The summed E-state index contributed by atoms with van der Waals surface area (Å²) < 4.78 is 0. The van der Waals surface area contributed by atoms with Crippen molar-refractivity contribution in [2.24, 2.45) is 5.92 Å². The van der Waals surface area contributed by atoms with Crippen molar-refractivity contribution in [3.8, 4) is 11.1 Å². The van der Waals surface area contributed by atoms with Crippen LogP contribution in [0.1, 0.15) is 18.4 Å². The number of hydrogen-bond acceptors (Lipinski definition) is 2. The molecule has 114 valence electrons. The monoisotopic (exact) mass is 298 g/mol. The Hall–Kier alpha value is -2.62. The van der Waals surface area contributed by atoms with Gasteiger partial charge in [0.1, 0.15) is 0 Å². The van der Waals surface area contributed by atoms with Crippen LogP contribution in [0.25, 0.3) is 11.1 Å². The van der Waals surface area contributed by atoms with E-state index in [1.165, 1.54) is 0 Å². The predicted octanol–water partition coefficient (Wildman–Crippen LogP) is 3.46. The Morgan fingerprint density at radius 3 is 2.00 bits per heavy atom. The molecule has 2 aromatic rings. The van der Waals surface area contributed by atoms with Gasteiger partial charge in [-0.15, -0.1) is 0 Å². The van der Waals surface area contributed by atoms with E-state index in [0.29, 0.717) is 6.42 Å². The van der Waals surface area contributed by atoms with E-state index in [2.05, 4.69) is 0 Å². The Morgan fingerprint density at radius 2 is 1.45 bits per heavy atom. The van der Waals surface area contributed by atoms with Gasteiger partial charge in [-0.05, 0) is 29.5 Å². The van der Waals surface area contributed by atoms with Gasteiger partial charge >= 0.3 is 11.9 Å². The van der Waals surface area contributed by atoms with Crippen LogP contribution in [0.4, 0.5) is 0 Å². The van der Waals surface area contributed by atoms with E-state index in [1.54, 1.807) is 0 Å². The highest BCUT2D eigenvalue weighted by Crippen LogP contribution is 2.21. The molecule has 0 aliphatic heterocycles. The average molecular weight is 298 g/mol. The topological polar surface area (TPSA) is 74.6 Å². The molecule has 4 nitrogen and oxygen atoms in total. The largest absolute Gasteiger partial charge is 0.481 e. The number of hydrogen-bond donors (Lipinski definition) is 2. The summed E-state index contributed by atoms with van der Waals surface area (Å²) in [5, 5.41) is 17.9. The fraction of sp³-hybridized carbons (Fsp3) is 0.222. The van der Waals surface area contributed by atoms with E-state index < -0.39 is 17.9 Å². The lowest BCUT2D eigenvalue weighted by atomic mass is 9.93. The van der Waals surface area contributed by atoms with Crippen LogP contribution < -0.4 is 0 Å². The highest BCUT2D eigenvalue weighted by atomic mass is 16.4. The summed E-state index contributed by atoms with van der Waals surface area (Å²) in [6.07, 6.45) is 0.363. The van der Waals surface area contributed by atoms with Crippen LogP contribution in [0, 0.1) is 5.92 Å². The number of aliphatic carboxylic acids is 2. The molecule has 0 aliphatic rings. The summed E-state index contributed by atoms with van der Waals surface area (Å²) in [6.45, 7) is 0. The molecule has 0 aliphatic carbocycles. The molecule has 0 spiro atoms. The molecule has 0 aromatic heterocycles. The highest BCUT2D eigenvalue weighted by Gasteiger charge is 2.19. The maximum Gasteiger partial charge on any atom is 0.306 e. The molecule has 0 heterocycles. The molecule has 22 heavy (non-hydrogen) atoms. The number of rotatable bonds is 7. The summed E-state index contributed by atoms with van der Waals surface area (Å²) >= 11 is 0. The molecule has 4 heteroatoms. The first-order valence-electron chi connectivity index (χ1n) is 7.15. The normalized spacial score (nSPS) is 11.8. The van der Waals surface area contributed by atoms with Gasteiger partial charge in [-0.25, -0.2) is 0 Å². The van der Waals surface area contributed by atoms with Crippen molar-refractivity contribution < 1.29 is 19.8 Å². The van der Waals surface area contributed by atoms with Crippen molar-refractivity contribution in [1.29, 1.82) is 0 Å². The molecule has 0 saturated carbocycles. The Labute approximate surface area is 129 Å². The van der Waals surface area contributed by atoms with Crippen molar-refractivity contribution in [2.75, 3.05) is 0 Å². The fourth-order valence-electron chi connectivity index (χ4n) is 2.36. The summed E-state index contributed by atoms with van der Waals surface area (Å²) in [6, 6.07) is 17.6. The van der Waals surface area contributed by atoms with Gasteiger partial charge in [0, 0.05) is 6.42 Å². The maximum absolute atomic E-state index is 11.2. The molecule has 1 unspecified atom stereocenters. The van der Waals surface area contributed by atoms with Crippen LogP contribution in [0.5, 0.6) is 0 Å². The number of benzene rings is 2. The van der Waals surface area contributed by atoms with Gasteiger partial charge in [-0.3, -0.25) is 9.59 Å². The molecule has 0 saturated heterocycles. The molecule has 2 aromatic carbocycles. The second-order valence-corrected chi connectivity index (χ2v) is 5.23. The summed E-state index contributed by atoms with van der Waals surface area (Å²) in [5.74, 6) is -2.59. The molecule has 0 fully saturated rings. The molecule has 2 rings (SSSR count). The molecular weight excluding hydrogens is 280 g/mol. The Kier molecular flexibility index (Phi) is 5.31. The molecule has 1 atom stereocenters. The first-order chi connectivity index (χ1) is 10.6. The van der Waals surface area contributed by atoms with Gasteiger partial charge < -0.3 is 10.2 Å². The van der Waals surface area contributed by atoms with Crippen molar-refractivity contribution >= 4 is 11.9 Å². The number of carbonyl (C=O) groups is 2. The zero-order valence-electron chi connectivity index (χ0n) is 12.1. The summed E-state index contributed by atoms with van der Waals surface area (Å²) in [7, 11) is 0. The third-order valence-electron chi connectivity index (χ3n) is 3.60. The van der Waals surface area contributed by atoms with Crippen LogP contribution in [0.3, 0.4) is 0 Å². The lowest BCUT2D eigenvalue weighted by Gasteiger charge is -2.11. The van der Waals surface area contributed by atoms with E-state index in [1.807, 2.05) is 54.6 Å². The van der Waals surface area contributed by atoms with E-state index in [0.717, 1.165) is 16.7 Å². The SMILES string of the molecule is O=C(O)CCC(Cc1ccc(-c2ccccc2)cc1)C(=O)O. The van der Waals surface area contributed by atoms with Crippen LogP contribution >= 0.6 is 0 Å². The van der Waals surface area contributed by atoms with Crippen LogP contribution in [-0.2, 0) is 16.0 Å². The Bertz CT molecular complexity index is 632. The smallest absolute Gasteiger partial charge is 0.306 e. The van der Waals surface area contributed by atoms with Crippen molar-refractivity contribution in [3.63, 3.8) is 0 Å². The van der Waals surface area contributed by atoms with Crippen LogP contribution in [0.2, 0.25) is 0 Å². The number of carboxylic acids is 2. The lowest BCUT2D eigenvalue weighted by molar-refractivity contribution is -0.142. The van der Waals surface area contributed by atoms with Gasteiger partial charge in [0.15, 0.2) is 0 Å². The minimum atomic E-state index is -0.967. The molecule has 0 amide bonds. The lowest BCUT2D eigenvalue weighted by Crippen LogP contribution is -2.17. The molecule has 0 bridgehead atoms. The van der Waals surface area contributed by atoms with Gasteiger partial charge in [-0.2, -0.15) is 0 Å². The van der Waals surface area contributed by atoms with Crippen molar-refractivity contribution in [1.82, 2.24) is 0 Å². The Balaban J connectivity index is 2.06. The third kappa shape index (κ3) is 4.45.